The fraction of sp³-hybridized carbons (Fsp3) is 0.455. The Morgan fingerprint density at radius 3 is 2.58 bits per heavy atom. The minimum atomic E-state index is -0.516. The van der Waals surface area contributed by atoms with Crippen LogP contribution in [0.5, 0.6) is 11.5 Å². The number of methoxy groups -OCH3 is 1. The van der Waals surface area contributed by atoms with Crippen molar-refractivity contribution in [3.8, 4) is 11.5 Å². The standard InChI is InChI=1S/C22H28N6O5/c1-6-28(7-2)11-10-23-17(29)13-33-16-12-14(8-9-15(16)32-5)19-24-18-20(25-19)26(3)22(31)27(4)21(18)30/h8-9,12H,6-7,10-11,13H2,1-5H3/p+1. The quantitative estimate of drug-likeness (QED) is 0.508. The zero-order valence-electron chi connectivity index (χ0n) is 19.5. The smallest absolute Gasteiger partial charge is 0.446 e. The number of imide groups is 1. The summed E-state index contributed by atoms with van der Waals surface area (Å²) in [4.78, 5) is 48.7. The van der Waals surface area contributed by atoms with Crippen LogP contribution < -0.4 is 14.8 Å². The number of likely N-dealkylation sites (N-methyl/N-ethyl adjacent to an activating group) is 1. The van der Waals surface area contributed by atoms with Gasteiger partial charge in [-0.1, -0.05) is 18.8 Å². The Balaban J connectivity index is 1.73. The summed E-state index contributed by atoms with van der Waals surface area (Å²) in [5.74, 6) is 0.476. The van der Waals surface area contributed by atoms with Gasteiger partial charge in [0.05, 0.1) is 21.2 Å². The number of rotatable bonds is 10. The fourth-order valence-electron chi connectivity index (χ4n) is 3.42. The number of hydrogen-bond acceptors (Lipinski definition) is 8. The number of ether oxygens (including phenoxy) is 2. The first-order valence-corrected chi connectivity index (χ1v) is 10.7. The number of amidine groups is 2. The summed E-state index contributed by atoms with van der Waals surface area (Å²) >= 11 is 0. The van der Waals surface area contributed by atoms with Crippen LogP contribution in [-0.2, 0) is 9.59 Å². The molecular weight excluding hydrogens is 428 g/mol. The van der Waals surface area contributed by atoms with Crippen molar-refractivity contribution in [2.24, 2.45) is 9.98 Å². The summed E-state index contributed by atoms with van der Waals surface area (Å²) in [5, 5.41) is 2.84. The normalized spacial score (nSPS) is 15.5. The van der Waals surface area contributed by atoms with E-state index in [1.54, 1.807) is 18.2 Å². The molecule has 0 saturated carbocycles. The van der Waals surface area contributed by atoms with Crippen molar-refractivity contribution in [2.75, 3.05) is 54.0 Å². The van der Waals surface area contributed by atoms with Crippen LogP contribution in [0.3, 0.4) is 0 Å². The maximum atomic E-state index is 12.4. The number of nitrogens with zero attached hydrogens (tertiary/aromatic N) is 5. The first kappa shape index (κ1) is 24.1. The first-order chi connectivity index (χ1) is 15.8. The molecule has 0 saturated heterocycles. The highest BCUT2D eigenvalue weighted by atomic mass is 16.5. The van der Waals surface area contributed by atoms with E-state index in [1.165, 1.54) is 25.8 Å². The highest BCUT2D eigenvalue weighted by Gasteiger charge is 2.44. The van der Waals surface area contributed by atoms with Gasteiger partial charge in [0.25, 0.3) is 5.91 Å². The third-order valence-electron chi connectivity index (χ3n) is 5.47. The molecule has 0 aliphatic carbocycles. The van der Waals surface area contributed by atoms with Crippen molar-refractivity contribution in [3.05, 3.63) is 23.8 Å². The van der Waals surface area contributed by atoms with Crippen LogP contribution in [-0.4, -0.2) is 104 Å². The van der Waals surface area contributed by atoms with Gasteiger partial charge in [0, 0.05) is 18.7 Å². The second kappa shape index (κ2) is 10.3. The monoisotopic (exact) mass is 457 g/mol. The SMILES string of the molecule is CCN(CC)CCNC(=O)COc1cc(C2=NC3=[N+](C)C(=O)N(C)C(=O)C3=N2)ccc1OC. The lowest BCUT2D eigenvalue weighted by Gasteiger charge is -2.18. The second-order valence-electron chi connectivity index (χ2n) is 7.46. The molecule has 4 amide bonds. The Kier molecular flexibility index (Phi) is 7.54. The average Bonchev–Trinajstić information content (AvgIpc) is 3.28. The molecule has 2 aliphatic heterocycles. The van der Waals surface area contributed by atoms with Gasteiger partial charge in [-0.15, -0.1) is 0 Å². The number of carbonyl (C=O) groups excluding carboxylic acids is 3. The molecule has 0 unspecified atom stereocenters. The Hall–Kier alpha value is -3.60. The predicted molar refractivity (Wildman–Crippen MR) is 123 cm³/mol. The van der Waals surface area contributed by atoms with E-state index in [9.17, 15) is 14.4 Å². The molecule has 0 bridgehead atoms. The van der Waals surface area contributed by atoms with E-state index in [4.69, 9.17) is 9.47 Å². The van der Waals surface area contributed by atoms with Crippen LogP contribution in [0.25, 0.3) is 0 Å². The number of fused-ring (bicyclic) bond motifs is 1. The lowest BCUT2D eigenvalue weighted by atomic mass is 10.2. The van der Waals surface area contributed by atoms with Gasteiger partial charge in [-0.3, -0.25) is 4.79 Å². The molecule has 0 radical (unpaired) electrons. The minimum absolute atomic E-state index is 0.0977. The molecule has 0 atom stereocenters. The lowest BCUT2D eigenvalue weighted by molar-refractivity contribution is -0.401. The fourth-order valence-corrected chi connectivity index (χ4v) is 3.42. The first-order valence-electron chi connectivity index (χ1n) is 10.7. The van der Waals surface area contributed by atoms with Crippen LogP contribution in [0.2, 0.25) is 0 Å². The summed E-state index contributed by atoms with van der Waals surface area (Å²) in [6, 6.07) is 4.54. The summed E-state index contributed by atoms with van der Waals surface area (Å²) in [5.41, 5.74) is 0.652. The second-order valence-corrected chi connectivity index (χ2v) is 7.46. The third-order valence-corrected chi connectivity index (χ3v) is 5.47. The van der Waals surface area contributed by atoms with Crippen molar-refractivity contribution in [2.45, 2.75) is 13.8 Å². The van der Waals surface area contributed by atoms with Gasteiger partial charge >= 0.3 is 17.8 Å². The number of benzene rings is 1. The molecule has 1 N–H and O–H groups in total. The van der Waals surface area contributed by atoms with E-state index in [0.717, 1.165) is 24.5 Å². The lowest BCUT2D eigenvalue weighted by Crippen LogP contribution is -2.51. The van der Waals surface area contributed by atoms with Crippen molar-refractivity contribution >= 4 is 35.2 Å². The Bertz CT molecular complexity index is 1060. The van der Waals surface area contributed by atoms with Gasteiger partial charge in [-0.05, 0) is 31.3 Å². The molecule has 2 aliphatic rings. The number of urea groups is 1. The Labute approximate surface area is 192 Å². The van der Waals surface area contributed by atoms with E-state index in [2.05, 4.69) is 34.0 Å². The molecule has 0 fully saturated rings. The van der Waals surface area contributed by atoms with Gasteiger partial charge in [-0.2, -0.15) is 14.5 Å². The van der Waals surface area contributed by atoms with Gasteiger partial charge in [0.1, 0.15) is 0 Å². The Morgan fingerprint density at radius 1 is 1.18 bits per heavy atom. The maximum absolute atomic E-state index is 12.4. The number of amides is 4. The molecule has 3 rings (SSSR count). The molecule has 0 spiro atoms. The van der Waals surface area contributed by atoms with Gasteiger partial charge in [-0.25, -0.2) is 9.59 Å². The van der Waals surface area contributed by atoms with Crippen LogP contribution in [0.15, 0.2) is 28.2 Å². The number of hydrogen-bond donors (Lipinski definition) is 1. The van der Waals surface area contributed by atoms with Crippen LogP contribution >= 0.6 is 0 Å². The van der Waals surface area contributed by atoms with E-state index in [0.29, 0.717) is 23.6 Å². The van der Waals surface area contributed by atoms with Gasteiger partial charge in [0.2, 0.25) is 11.5 Å². The number of nitrogens with one attached hydrogen (secondary N) is 1. The molecule has 33 heavy (non-hydrogen) atoms. The summed E-state index contributed by atoms with van der Waals surface area (Å²) < 4.78 is 12.3. The van der Waals surface area contributed by atoms with E-state index >= 15 is 0 Å². The zero-order chi connectivity index (χ0) is 24.1. The molecule has 1 aromatic carbocycles. The Morgan fingerprint density at radius 2 is 1.91 bits per heavy atom. The third kappa shape index (κ3) is 5.08. The zero-order valence-corrected chi connectivity index (χ0v) is 19.5. The number of aliphatic imine (C=N–C) groups is 2. The van der Waals surface area contributed by atoms with E-state index in [1.807, 2.05) is 0 Å². The van der Waals surface area contributed by atoms with Crippen LogP contribution in [0, 0.1) is 0 Å². The summed E-state index contributed by atoms with van der Waals surface area (Å²) in [7, 11) is 4.42. The summed E-state index contributed by atoms with van der Waals surface area (Å²) in [6.07, 6.45) is 0. The van der Waals surface area contributed by atoms with Crippen molar-refractivity contribution in [3.63, 3.8) is 0 Å². The highest BCUT2D eigenvalue weighted by Crippen LogP contribution is 2.29. The van der Waals surface area contributed by atoms with Crippen molar-refractivity contribution in [1.29, 1.82) is 0 Å². The van der Waals surface area contributed by atoms with Gasteiger partial charge in [0.15, 0.2) is 18.1 Å². The topological polar surface area (TPSA) is 116 Å². The minimum Gasteiger partial charge on any atom is -0.493 e. The van der Waals surface area contributed by atoms with E-state index < -0.39 is 11.9 Å². The van der Waals surface area contributed by atoms with Crippen molar-refractivity contribution < 1.29 is 28.4 Å². The molecule has 11 nitrogen and oxygen atoms in total. The van der Waals surface area contributed by atoms with E-state index in [-0.39, 0.29) is 29.9 Å². The van der Waals surface area contributed by atoms with Crippen molar-refractivity contribution in [1.82, 2.24) is 15.1 Å². The molecule has 11 heteroatoms. The molecule has 2 heterocycles. The highest BCUT2D eigenvalue weighted by molar-refractivity contribution is 6.70. The molecule has 1 aromatic rings. The van der Waals surface area contributed by atoms with Gasteiger partial charge < -0.3 is 19.7 Å². The molecule has 0 aromatic heterocycles. The largest absolute Gasteiger partial charge is 0.493 e. The van der Waals surface area contributed by atoms with Crippen LogP contribution in [0.1, 0.15) is 19.4 Å². The maximum Gasteiger partial charge on any atom is 0.446 e. The van der Waals surface area contributed by atoms with Crippen LogP contribution in [0.4, 0.5) is 4.79 Å². The average molecular weight is 458 g/mol. The molecule has 176 valence electrons. The predicted octanol–water partition coefficient (Wildman–Crippen LogP) is 0.366. The molecular formula is C22H29N6O5+. The summed E-state index contributed by atoms with van der Waals surface area (Å²) in [6.45, 7) is 7.11. The number of carbonyl (C=O) groups is 3.